The van der Waals surface area contributed by atoms with Crippen molar-refractivity contribution in [2.75, 3.05) is 6.61 Å². The summed E-state index contributed by atoms with van der Waals surface area (Å²) in [5.41, 5.74) is 0. The minimum absolute atomic E-state index is 0.727. The second-order valence-corrected chi connectivity index (χ2v) is 1.38. The third-order valence-corrected chi connectivity index (χ3v) is 0.458. The number of carbonyl (C=O) groups is 1. The highest BCUT2D eigenvalue weighted by molar-refractivity contribution is 6.13. The molecule has 7 heteroatoms. The van der Waals surface area contributed by atoms with Crippen LogP contribution >= 0.6 is 0 Å². The van der Waals surface area contributed by atoms with E-state index < -0.39 is 34.6 Å². The fourth-order valence-corrected chi connectivity index (χ4v) is 0.0781. The quantitative estimate of drug-likeness (QED) is 0.278. The molecule has 0 aliphatic rings. The molecule has 59 valence electrons. The van der Waals surface area contributed by atoms with Gasteiger partial charge in [-0.1, -0.05) is 0 Å². The van der Waals surface area contributed by atoms with E-state index in [1.165, 1.54) is 0 Å². The topological polar surface area (TPSA) is 118 Å². The minimum atomic E-state index is -1.63. The Kier molecular flexibility index (Phi) is 11.1. The van der Waals surface area contributed by atoms with Gasteiger partial charge in [-0.05, 0) is 0 Å². The SMILES string of the molecule is O=C(O)C(O)CO.[OH][Al][OH]. The largest absolute Gasteiger partial charge is 0.662 e. The lowest BCUT2D eigenvalue weighted by Crippen LogP contribution is -2.22. The number of carboxylic acids is 1. The zero-order chi connectivity index (χ0) is 8.57. The number of rotatable bonds is 2. The summed E-state index contributed by atoms with van der Waals surface area (Å²) in [7, 11) is 0. The smallest absolute Gasteiger partial charge is 0.499 e. The molecule has 10 heavy (non-hydrogen) atoms. The van der Waals surface area contributed by atoms with Gasteiger partial charge in [-0.25, -0.2) is 4.79 Å². The fraction of sp³-hybridized carbons (Fsp3) is 0.667. The fourth-order valence-electron chi connectivity index (χ4n) is 0.0781. The number of hydrogen-bond donors (Lipinski definition) is 5. The van der Waals surface area contributed by atoms with Crippen LogP contribution in [0.5, 0.6) is 0 Å². The molecule has 0 aliphatic carbocycles. The van der Waals surface area contributed by atoms with Gasteiger partial charge in [0.25, 0.3) is 0 Å². The van der Waals surface area contributed by atoms with Crippen molar-refractivity contribution in [1.82, 2.24) is 0 Å². The highest BCUT2D eigenvalue weighted by Crippen LogP contribution is 1.75. The lowest BCUT2D eigenvalue weighted by Gasteiger charge is -1.95. The van der Waals surface area contributed by atoms with Crippen molar-refractivity contribution in [2.24, 2.45) is 0 Å². The van der Waals surface area contributed by atoms with Gasteiger partial charge in [0.2, 0.25) is 0 Å². The maximum atomic E-state index is 9.52. The van der Waals surface area contributed by atoms with Crippen LogP contribution < -0.4 is 0 Å². The van der Waals surface area contributed by atoms with Crippen molar-refractivity contribution in [2.45, 2.75) is 6.10 Å². The first-order valence-corrected chi connectivity index (χ1v) is 3.25. The number of aliphatic hydroxyl groups excluding tert-OH is 2. The van der Waals surface area contributed by atoms with Crippen LogP contribution in [-0.4, -0.2) is 58.2 Å². The molecule has 5 N–H and O–H groups in total. The van der Waals surface area contributed by atoms with Crippen LogP contribution in [0, 0.1) is 0 Å². The molecule has 0 bridgehead atoms. The van der Waals surface area contributed by atoms with E-state index in [0.717, 1.165) is 0 Å². The summed E-state index contributed by atoms with van der Waals surface area (Å²) in [6.07, 6.45) is -1.63. The molecule has 0 aliphatic heterocycles. The Morgan fingerprint density at radius 1 is 1.50 bits per heavy atom. The van der Waals surface area contributed by atoms with Gasteiger partial charge in [0.1, 0.15) is 0 Å². The predicted molar refractivity (Wildman–Crippen MR) is 30.9 cm³/mol. The van der Waals surface area contributed by atoms with Crippen LogP contribution in [-0.2, 0) is 4.79 Å². The van der Waals surface area contributed by atoms with E-state index in [0.29, 0.717) is 0 Å². The van der Waals surface area contributed by atoms with Crippen molar-refractivity contribution >= 4 is 21.9 Å². The molecule has 0 saturated carbocycles. The predicted octanol–water partition coefficient (Wildman–Crippen LogP) is -3.07. The van der Waals surface area contributed by atoms with Gasteiger partial charge in [0.05, 0.1) is 6.61 Å². The Morgan fingerprint density at radius 2 is 1.80 bits per heavy atom. The van der Waals surface area contributed by atoms with E-state index in [-0.39, 0.29) is 0 Å². The summed E-state index contributed by atoms with van der Waals surface area (Å²) in [5, 5.41) is 23.7. The van der Waals surface area contributed by atoms with Crippen LogP contribution in [0.1, 0.15) is 0 Å². The lowest BCUT2D eigenvalue weighted by atomic mass is 10.4. The van der Waals surface area contributed by atoms with Crippen LogP contribution in [0.25, 0.3) is 0 Å². The summed E-state index contributed by atoms with van der Waals surface area (Å²) < 4.78 is 14.4. The lowest BCUT2D eigenvalue weighted by molar-refractivity contribution is -0.148. The Morgan fingerprint density at radius 3 is 1.80 bits per heavy atom. The van der Waals surface area contributed by atoms with Gasteiger partial charge >= 0.3 is 21.9 Å². The van der Waals surface area contributed by atoms with E-state index in [1.807, 2.05) is 0 Å². The highest BCUT2D eigenvalue weighted by Gasteiger charge is 2.08. The zero-order valence-electron chi connectivity index (χ0n) is 5.01. The van der Waals surface area contributed by atoms with Crippen LogP contribution in [0.4, 0.5) is 0 Å². The first-order valence-electron chi connectivity index (χ1n) is 2.22. The summed E-state index contributed by atoms with van der Waals surface area (Å²) in [6.45, 7) is -0.727. The first-order chi connectivity index (χ1) is 4.59. The molecule has 1 unspecified atom stereocenters. The summed E-state index contributed by atoms with van der Waals surface area (Å²) in [5.74, 6) is -1.40. The highest BCUT2D eigenvalue weighted by atomic mass is 27.2. The average molecular weight is 167 g/mol. The van der Waals surface area contributed by atoms with Gasteiger partial charge in [-0.15, -0.1) is 0 Å². The molecule has 0 amide bonds. The molecular formula is C3H8AlO6. The van der Waals surface area contributed by atoms with Gasteiger partial charge < -0.3 is 23.6 Å². The first kappa shape index (κ1) is 12.5. The van der Waals surface area contributed by atoms with E-state index in [9.17, 15) is 4.79 Å². The Hall–Kier alpha value is -0.158. The standard InChI is InChI=1S/C3H6O4.Al.2H2O/c4-1-2(5)3(6)7;;;/h2,4-5H,1H2,(H,6,7);;2*1H2/q;+2;;/p-2. The van der Waals surface area contributed by atoms with Crippen molar-refractivity contribution in [1.29, 1.82) is 0 Å². The molecule has 0 saturated heterocycles. The summed E-state index contributed by atoms with van der Waals surface area (Å²) >= 11 is -1.25. The molecule has 0 spiro atoms. The Labute approximate surface area is 63.7 Å². The molecule has 0 fully saturated rings. The van der Waals surface area contributed by atoms with Gasteiger partial charge in [0, 0.05) is 0 Å². The van der Waals surface area contributed by atoms with Crippen molar-refractivity contribution in [3.63, 3.8) is 0 Å². The van der Waals surface area contributed by atoms with E-state index >= 15 is 0 Å². The van der Waals surface area contributed by atoms with Crippen LogP contribution in [0.2, 0.25) is 0 Å². The van der Waals surface area contributed by atoms with Gasteiger partial charge in [-0.2, -0.15) is 0 Å². The maximum Gasteiger partial charge on any atom is 0.662 e. The van der Waals surface area contributed by atoms with Crippen molar-refractivity contribution in [3.05, 3.63) is 0 Å². The molecule has 0 rings (SSSR count). The minimum Gasteiger partial charge on any atom is -0.499 e. The second-order valence-electron chi connectivity index (χ2n) is 1.15. The Balaban J connectivity index is 0. The molecule has 1 atom stereocenters. The Bertz CT molecular complexity index is 85.1. The number of carboxylic acid groups (broad SMARTS) is 1. The zero-order valence-corrected chi connectivity index (χ0v) is 6.16. The van der Waals surface area contributed by atoms with E-state index in [4.69, 9.17) is 23.6 Å². The molecule has 0 aromatic carbocycles. The third kappa shape index (κ3) is 10.8. The maximum absolute atomic E-state index is 9.52. The summed E-state index contributed by atoms with van der Waals surface area (Å²) in [6, 6.07) is 0. The van der Waals surface area contributed by atoms with Gasteiger partial charge in [-0.3, -0.25) is 0 Å². The van der Waals surface area contributed by atoms with E-state index in [2.05, 4.69) is 0 Å². The van der Waals surface area contributed by atoms with Crippen molar-refractivity contribution < 1.29 is 28.4 Å². The third-order valence-electron chi connectivity index (χ3n) is 0.458. The monoisotopic (exact) mass is 167 g/mol. The molecule has 0 heterocycles. The molecule has 0 aromatic heterocycles. The van der Waals surface area contributed by atoms with Crippen molar-refractivity contribution in [3.8, 4) is 0 Å². The second kappa shape index (κ2) is 8.84. The molecule has 6 nitrogen and oxygen atoms in total. The summed E-state index contributed by atoms with van der Waals surface area (Å²) in [4.78, 5) is 9.52. The molecule has 0 aromatic rings. The molecular weight excluding hydrogens is 159 g/mol. The van der Waals surface area contributed by atoms with Crippen LogP contribution in [0.15, 0.2) is 0 Å². The van der Waals surface area contributed by atoms with Crippen LogP contribution in [0.3, 0.4) is 0 Å². The number of hydrogen-bond acceptors (Lipinski definition) is 5. The number of aliphatic hydroxyl groups is 2. The average Bonchev–Trinajstić information content (AvgIpc) is 1.88. The normalized spacial score (nSPS) is 10.8. The van der Waals surface area contributed by atoms with Gasteiger partial charge in [0.15, 0.2) is 6.10 Å². The van der Waals surface area contributed by atoms with E-state index in [1.54, 1.807) is 0 Å². The number of aliphatic carboxylic acids is 1. The molecule has 1 radical (unpaired) electrons.